The lowest BCUT2D eigenvalue weighted by Gasteiger charge is -2.06. The smallest absolute Gasteiger partial charge is 0.137 e. The van der Waals surface area contributed by atoms with E-state index in [4.69, 9.17) is 0 Å². The first-order valence-corrected chi connectivity index (χ1v) is 8.39. The first kappa shape index (κ1) is 14.8. The van der Waals surface area contributed by atoms with Crippen molar-refractivity contribution < 1.29 is 0 Å². The molecule has 1 N–H and O–H groups in total. The Morgan fingerprint density at radius 3 is 2.81 bits per heavy atom. The van der Waals surface area contributed by atoms with E-state index in [9.17, 15) is 0 Å². The number of hydrogen-bond donors (Lipinski definition) is 1. The average Bonchev–Trinajstić information content (AvgIpc) is 3.25. The molecule has 6 heteroatoms. The Hall–Kier alpha value is -3.54. The van der Waals surface area contributed by atoms with Gasteiger partial charge in [0.25, 0.3) is 0 Å². The monoisotopic (exact) mass is 340 g/mol. The number of nitrogens with one attached hydrogen (secondary N) is 1. The van der Waals surface area contributed by atoms with Crippen molar-refractivity contribution in [2.24, 2.45) is 7.05 Å². The summed E-state index contributed by atoms with van der Waals surface area (Å²) in [5.74, 6) is 0. The predicted molar refractivity (Wildman–Crippen MR) is 102 cm³/mol. The van der Waals surface area contributed by atoms with Gasteiger partial charge in [0.05, 0.1) is 5.52 Å². The minimum absolute atomic E-state index is 0.869. The second kappa shape index (κ2) is 5.49. The second-order valence-electron chi connectivity index (χ2n) is 6.38. The third-order valence-corrected chi connectivity index (χ3v) is 4.77. The second-order valence-corrected chi connectivity index (χ2v) is 6.38. The van der Waals surface area contributed by atoms with Gasteiger partial charge in [-0.2, -0.15) is 0 Å². The SMILES string of the molecule is Cc1ncccc1-c1cnc2[nH]cc(-c3ccc4nnn(C)c4c3)c2c1. The van der Waals surface area contributed by atoms with E-state index in [0.717, 1.165) is 50.0 Å². The van der Waals surface area contributed by atoms with Crippen LogP contribution in [0.1, 0.15) is 5.69 Å². The molecule has 0 fully saturated rings. The molecule has 0 aliphatic carbocycles. The van der Waals surface area contributed by atoms with Crippen molar-refractivity contribution in [2.45, 2.75) is 6.92 Å². The first-order chi connectivity index (χ1) is 12.7. The lowest BCUT2D eigenvalue weighted by molar-refractivity contribution is 0.736. The van der Waals surface area contributed by atoms with E-state index >= 15 is 0 Å². The van der Waals surface area contributed by atoms with E-state index in [1.54, 1.807) is 4.68 Å². The maximum Gasteiger partial charge on any atom is 0.137 e. The van der Waals surface area contributed by atoms with Gasteiger partial charge in [-0.05, 0) is 36.8 Å². The zero-order chi connectivity index (χ0) is 17.7. The molecule has 0 aliphatic heterocycles. The van der Waals surface area contributed by atoms with E-state index in [-0.39, 0.29) is 0 Å². The molecule has 26 heavy (non-hydrogen) atoms. The minimum Gasteiger partial charge on any atom is -0.346 e. The predicted octanol–water partition coefficient (Wildman–Crippen LogP) is 3.88. The molecule has 0 atom stereocenters. The Balaban J connectivity index is 1.71. The summed E-state index contributed by atoms with van der Waals surface area (Å²) in [6.07, 6.45) is 5.70. The fourth-order valence-electron chi connectivity index (χ4n) is 3.38. The van der Waals surface area contributed by atoms with E-state index in [2.05, 4.69) is 49.5 Å². The summed E-state index contributed by atoms with van der Waals surface area (Å²) < 4.78 is 1.79. The number of aromatic nitrogens is 6. The summed E-state index contributed by atoms with van der Waals surface area (Å²) in [5, 5.41) is 9.32. The van der Waals surface area contributed by atoms with Crippen LogP contribution in [0, 0.1) is 6.92 Å². The third-order valence-electron chi connectivity index (χ3n) is 4.77. The van der Waals surface area contributed by atoms with Gasteiger partial charge in [0, 0.05) is 53.4 Å². The van der Waals surface area contributed by atoms with Crippen LogP contribution in [-0.2, 0) is 7.05 Å². The summed E-state index contributed by atoms with van der Waals surface area (Å²) in [5.41, 5.74) is 8.13. The molecule has 0 radical (unpaired) electrons. The zero-order valence-electron chi connectivity index (χ0n) is 14.4. The highest BCUT2D eigenvalue weighted by molar-refractivity contribution is 5.97. The third kappa shape index (κ3) is 2.19. The molecule has 0 unspecified atom stereocenters. The summed E-state index contributed by atoms with van der Waals surface area (Å²) in [4.78, 5) is 12.3. The Labute approximate surface area is 149 Å². The van der Waals surface area contributed by atoms with Crippen molar-refractivity contribution in [3.63, 3.8) is 0 Å². The van der Waals surface area contributed by atoms with Gasteiger partial charge >= 0.3 is 0 Å². The molecular formula is C20H16N6. The molecule has 0 saturated carbocycles. The standard InChI is InChI=1S/C20H16N6/c1-12-15(4-3-7-21-12)14-8-16-17(11-23-20(16)22-10-14)13-5-6-18-19(9-13)26(2)25-24-18/h3-11H,1-2H3,(H,22,23). The normalized spacial score (nSPS) is 11.5. The molecule has 4 aromatic heterocycles. The Morgan fingerprint density at radius 1 is 1.00 bits per heavy atom. The number of nitrogens with zero attached hydrogens (tertiary/aromatic N) is 5. The van der Waals surface area contributed by atoms with Gasteiger partial charge in [0.15, 0.2) is 0 Å². The molecule has 126 valence electrons. The van der Waals surface area contributed by atoms with Crippen molar-refractivity contribution >= 4 is 22.1 Å². The lowest BCUT2D eigenvalue weighted by atomic mass is 10.0. The summed E-state index contributed by atoms with van der Waals surface area (Å²) in [6.45, 7) is 2.01. The van der Waals surface area contributed by atoms with Gasteiger partial charge in [-0.15, -0.1) is 5.10 Å². The number of fused-ring (bicyclic) bond motifs is 2. The number of pyridine rings is 2. The number of H-pyrrole nitrogens is 1. The Morgan fingerprint density at radius 2 is 1.92 bits per heavy atom. The quantitative estimate of drug-likeness (QED) is 0.529. The maximum absolute atomic E-state index is 4.60. The zero-order valence-corrected chi connectivity index (χ0v) is 14.4. The van der Waals surface area contributed by atoms with E-state index in [1.165, 1.54) is 0 Å². The number of hydrogen-bond acceptors (Lipinski definition) is 4. The summed E-state index contributed by atoms with van der Waals surface area (Å²) in [7, 11) is 1.90. The van der Waals surface area contributed by atoms with Gasteiger partial charge in [-0.25, -0.2) is 9.67 Å². The fourth-order valence-corrected chi connectivity index (χ4v) is 3.38. The molecule has 0 amide bonds. The number of rotatable bonds is 2. The Bertz CT molecular complexity index is 1260. The van der Waals surface area contributed by atoms with Crippen LogP contribution >= 0.6 is 0 Å². The fraction of sp³-hybridized carbons (Fsp3) is 0.100. The van der Waals surface area contributed by atoms with Crippen LogP contribution in [0.2, 0.25) is 0 Å². The highest BCUT2D eigenvalue weighted by Gasteiger charge is 2.12. The van der Waals surface area contributed by atoms with E-state index in [0.29, 0.717) is 0 Å². The van der Waals surface area contributed by atoms with E-state index in [1.807, 2.05) is 44.7 Å². The molecule has 5 rings (SSSR count). The highest BCUT2D eigenvalue weighted by Crippen LogP contribution is 2.32. The van der Waals surface area contributed by atoms with Crippen LogP contribution < -0.4 is 0 Å². The van der Waals surface area contributed by atoms with Gasteiger partial charge in [-0.3, -0.25) is 4.98 Å². The van der Waals surface area contributed by atoms with Crippen LogP contribution in [-0.4, -0.2) is 29.9 Å². The van der Waals surface area contributed by atoms with Gasteiger partial charge in [0.2, 0.25) is 0 Å². The average molecular weight is 340 g/mol. The molecule has 0 bridgehead atoms. The molecular weight excluding hydrogens is 324 g/mol. The lowest BCUT2D eigenvalue weighted by Crippen LogP contribution is -1.90. The molecule has 6 nitrogen and oxygen atoms in total. The minimum atomic E-state index is 0.869. The molecule has 0 spiro atoms. The first-order valence-electron chi connectivity index (χ1n) is 8.39. The van der Waals surface area contributed by atoms with Gasteiger partial charge < -0.3 is 4.98 Å². The highest BCUT2D eigenvalue weighted by atomic mass is 15.4. The molecule has 1 aromatic carbocycles. The van der Waals surface area contributed by atoms with Crippen molar-refractivity contribution in [1.29, 1.82) is 0 Å². The van der Waals surface area contributed by atoms with Gasteiger partial charge in [-0.1, -0.05) is 17.3 Å². The van der Waals surface area contributed by atoms with Crippen molar-refractivity contribution in [1.82, 2.24) is 29.9 Å². The summed E-state index contributed by atoms with van der Waals surface area (Å²) in [6, 6.07) is 12.4. The van der Waals surface area contributed by atoms with E-state index < -0.39 is 0 Å². The van der Waals surface area contributed by atoms with Crippen LogP contribution in [0.4, 0.5) is 0 Å². The number of aromatic amines is 1. The number of benzene rings is 1. The van der Waals surface area contributed by atoms with Crippen molar-refractivity contribution in [3.8, 4) is 22.3 Å². The molecule has 5 aromatic rings. The molecule has 4 heterocycles. The molecule has 0 saturated heterocycles. The van der Waals surface area contributed by atoms with Crippen LogP contribution in [0.5, 0.6) is 0 Å². The molecule has 0 aliphatic rings. The van der Waals surface area contributed by atoms with Crippen molar-refractivity contribution in [2.75, 3.05) is 0 Å². The Kier molecular flexibility index (Phi) is 3.12. The van der Waals surface area contributed by atoms with Crippen molar-refractivity contribution in [3.05, 3.63) is 60.7 Å². The van der Waals surface area contributed by atoms with Crippen LogP contribution in [0.3, 0.4) is 0 Å². The topological polar surface area (TPSA) is 72.3 Å². The number of aryl methyl sites for hydroxylation is 2. The summed E-state index contributed by atoms with van der Waals surface area (Å²) >= 11 is 0. The maximum atomic E-state index is 4.60. The van der Waals surface area contributed by atoms with Crippen LogP contribution in [0.25, 0.3) is 44.3 Å². The largest absolute Gasteiger partial charge is 0.346 e. The van der Waals surface area contributed by atoms with Crippen LogP contribution in [0.15, 0.2) is 55.0 Å². The van der Waals surface area contributed by atoms with Gasteiger partial charge in [0.1, 0.15) is 11.2 Å².